The molecule has 2 fully saturated rings. The number of nitrogens with zero attached hydrogens (tertiary/aromatic N) is 1. The SMILES string of the molecule is CCC1O[C@@H](N(CCCSCCS)OC)C(O)C(OC(CC2CCCCC2)C(=O)O)[C@H]1C. The Morgan fingerprint density at radius 1 is 1.28 bits per heavy atom. The normalized spacial score (nSPS) is 30.5. The molecule has 32 heavy (non-hydrogen) atoms. The Kier molecular flexibility index (Phi) is 13.3. The largest absolute Gasteiger partial charge is 0.479 e. The lowest BCUT2D eigenvalue weighted by Crippen LogP contribution is -2.61. The fraction of sp³-hybridized carbons (Fsp3) is 0.957. The zero-order valence-corrected chi connectivity index (χ0v) is 21.6. The van der Waals surface area contributed by atoms with E-state index < -0.39 is 30.5 Å². The van der Waals surface area contributed by atoms with Crippen molar-refractivity contribution in [1.29, 1.82) is 0 Å². The fourth-order valence-corrected chi connectivity index (χ4v) is 5.97. The van der Waals surface area contributed by atoms with E-state index in [0.29, 0.717) is 18.9 Å². The highest BCUT2D eigenvalue weighted by Crippen LogP contribution is 2.34. The minimum Gasteiger partial charge on any atom is -0.479 e. The van der Waals surface area contributed by atoms with Crippen LogP contribution in [-0.2, 0) is 19.1 Å². The van der Waals surface area contributed by atoms with Crippen LogP contribution in [-0.4, -0.2) is 82.8 Å². The lowest BCUT2D eigenvalue weighted by atomic mass is 9.84. The van der Waals surface area contributed by atoms with E-state index in [1.807, 2.05) is 25.6 Å². The van der Waals surface area contributed by atoms with E-state index in [0.717, 1.165) is 55.8 Å². The van der Waals surface area contributed by atoms with Gasteiger partial charge in [-0.2, -0.15) is 29.5 Å². The molecule has 0 amide bonds. The number of hydrogen-bond donors (Lipinski definition) is 3. The number of carboxylic acid groups (broad SMARTS) is 1. The van der Waals surface area contributed by atoms with Crippen LogP contribution in [0.25, 0.3) is 0 Å². The van der Waals surface area contributed by atoms with E-state index in [1.165, 1.54) is 6.42 Å². The number of aliphatic hydroxyl groups is 1. The smallest absolute Gasteiger partial charge is 0.332 e. The molecule has 1 saturated heterocycles. The molecule has 2 rings (SSSR count). The van der Waals surface area contributed by atoms with Crippen LogP contribution in [0.3, 0.4) is 0 Å². The Hall–Kier alpha value is -0.0300. The van der Waals surface area contributed by atoms with E-state index in [-0.39, 0.29) is 12.0 Å². The van der Waals surface area contributed by atoms with Crippen molar-refractivity contribution in [2.75, 3.05) is 30.9 Å². The maximum Gasteiger partial charge on any atom is 0.332 e. The Bertz CT molecular complexity index is 537. The third-order valence-electron chi connectivity index (χ3n) is 6.74. The third kappa shape index (κ3) is 8.32. The molecule has 0 bridgehead atoms. The van der Waals surface area contributed by atoms with Gasteiger partial charge < -0.3 is 19.7 Å². The Morgan fingerprint density at radius 2 is 2.00 bits per heavy atom. The molecular weight excluding hydrogens is 450 g/mol. The summed E-state index contributed by atoms with van der Waals surface area (Å²) in [6.07, 6.45) is 4.42. The summed E-state index contributed by atoms with van der Waals surface area (Å²) in [7, 11) is 1.58. The van der Waals surface area contributed by atoms with Crippen molar-refractivity contribution in [1.82, 2.24) is 5.06 Å². The van der Waals surface area contributed by atoms with Crippen molar-refractivity contribution in [2.24, 2.45) is 11.8 Å². The summed E-state index contributed by atoms with van der Waals surface area (Å²) < 4.78 is 12.4. The number of hydroxylamine groups is 2. The van der Waals surface area contributed by atoms with Gasteiger partial charge in [-0.3, -0.25) is 4.84 Å². The summed E-state index contributed by atoms with van der Waals surface area (Å²) in [5, 5.41) is 22.7. The second-order valence-corrected chi connectivity index (χ2v) is 10.7. The number of rotatable bonds is 14. The van der Waals surface area contributed by atoms with E-state index in [9.17, 15) is 15.0 Å². The molecule has 1 heterocycles. The molecular formula is C23H43NO6S2. The van der Waals surface area contributed by atoms with E-state index in [4.69, 9.17) is 14.3 Å². The highest BCUT2D eigenvalue weighted by Gasteiger charge is 2.47. The molecule has 7 nitrogen and oxygen atoms in total. The van der Waals surface area contributed by atoms with Crippen LogP contribution in [0.2, 0.25) is 0 Å². The Labute approximate surface area is 203 Å². The summed E-state index contributed by atoms with van der Waals surface area (Å²) in [5.74, 6) is 2.13. The number of aliphatic carboxylic acids is 1. The van der Waals surface area contributed by atoms with Crippen molar-refractivity contribution in [3.63, 3.8) is 0 Å². The van der Waals surface area contributed by atoms with Crippen molar-refractivity contribution in [2.45, 2.75) is 95.9 Å². The second kappa shape index (κ2) is 15.1. The van der Waals surface area contributed by atoms with Gasteiger partial charge in [0.2, 0.25) is 0 Å². The van der Waals surface area contributed by atoms with Crippen LogP contribution in [0, 0.1) is 11.8 Å². The molecule has 0 radical (unpaired) electrons. The van der Waals surface area contributed by atoms with Gasteiger partial charge in [-0.15, -0.1) is 0 Å². The number of thiol groups is 1. The van der Waals surface area contributed by atoms with Crippen LogP contribution < -0.4 is 0 Å². The van der Waals surface area contributed by atoms with Gasteiger partial charge in [0.25, 0.3) is 0 Å². The van der Waals surface area contributed by atoms with Crippen molar-refractivity contribution in [3.8, 4) is 0 Å². The maximum atomic E-state index is 12.0. The first-order valence-electron chi connectivity index (χ1n) is 12.1. The lowest BCUT2D eigenvalue weighted by molar-refractivity contribution is -0.324. The molecule has 4 unspecified atom stereocenters. The maximum absolute atomic E-state index is 12.0. The molecule has 1 saturated carbocycles. The number of ether oxygens (including phenoxy) is 2. The topological polar surface area (TPSA) is 88.5 Å². The molecule has 0 aromatic carbocycles. The van der Waals surface area contributed by atoms with Crippen LogP contribution in [0.1, 0.15) is 65.2 Å². The average molecular weight is 494 g/mol. The van der Waals surface area contributed by atoms with Crippen LogP contribution >= 0.6 is 24.4 Å². The minimum atomic E-state index is -0.994. The van der Waals surface area contributed by atoms with Crippen LogP contribution in [0.4, 0.5) is 0 Å². The van der Waals surface area contributed by atoms with Gasteiger partial charge in [0, 0.05) is 18.2 Å². The first-order valence-corrected chi connectivity index (χ1v) is 13.9. The number of thioether (sulfide) groups is 1. The Morgan fingerprint density at radius 3 is 2.59 bits per heavy atom. The first-order chi connectivity index (χ1) is 15.4. The molecule has 1 aliphatic heterocycles. The first kappa shape index (κ1) is 28.2. The quantitative estimate of drug-likeness (QED) is 0.191. The molecule has 0 spiro atoms. The fourth-order valence-electron chi connectivity index (χ4n) is 4.92. The van der Waals surface area contributed by atoms with Crippen molar-refractivity contribution >= 4 is 30.4 Å². The Balaban J connectivity index is 2.06. The van der Waals surface area contributed by atoms with Crippen molar-refractivity contribution in [3.05, 3.63) is 0 Å². The summed E-state index contributed by atoms with van der Waals surface area (Å²) >= 11 is 6.07. The number of carboxylic acids is 1. The predicted molar refractivity (Wildman–Crippen MR) is 131 cm³/mol. The zero-order valence-electron chi connectivity index (χ0n) is 19.9. The summed E-state index contributed by atoms with van der Waals surface area (Å²) in [6, 6.07) is 0. The number of aliphatic hydroxyl groups excluding tert-OH is 1. The standard InChI is InChI=1S/C23H43NO6S2/c1-4-18-16(2)21(29-19(23(26)27)15-17-9-6-5-7-10-17)20(25)22(30-18)24(28-3)11-8-13-32-14-12-31/h16-22,25,31H,4-15H2,1-3H3,(H,26,27)/t16-,18?,19?,20?,21?,22+/m0/s1. The van der Waals surface area contributed by atoms with Gasteiger partial charge in [-0.1, -0.05) is 46.0 Å². The van der Waals surface area contributed by atoms with Gasteiger partial charge in [-0.25, -0.2) is 4.79 Å². The molecule has 9 heteroatoms. The predicted octanol–water partition coefficient (Wildman–Crippen LogP) is 3.84. The highest BCUT2D eigenvalue weighted by atomic mass is 32.2. The molecule has 6 atom stereocenters. The molecule has 0 aromatic heterocycles. The van der Waals surface area contributed by atoms with Crippen molar-refractivity contribution < 1.29 is 29.3 Å². The van der Waals surface area contributed by atoms with Gasteiger partial charge in [0.15, 0.2) is 12.3 Å². The number of hydrogen-bond acceptors (Lipinski definition) is 8. The van der Waals surface area contributed by atoms with Gasteiger partial charge in [0.05, 0.1) is 19.3 Å². The van der Waals surface area contributed by atoms with Gasteiger partial charge in [0.1, 0.15) is 6.10 Å². The monoisotopic (exact) mass is 493 g/mol. The molecule has 2 aliphatic rings. The molecule has 0 aromatic rings. The molecule has 188 valence electrons. The third-order valence-corrected chi connectivity index (χ3v) is 8.34. The van der Waals surface area contributed by atoms with E-state index >= 15 is 0 Å². The minimum absolute atomic E-state index is 0.121. The van der Waals surface area contributed by atoms with E-state index in [2.05, 4.69) is 12.6 Å². The van der Waals surface area contributed by atoms with Gasteiger partial charge in [-0.05, 0) is 36.7 Å². The molecule has 2 N–H and O–H groups in total. The second-order valence-electron chi connectivity index (χ2n) is 9.00. The summed E-state index contributed by atoms with van der Waals surface area (Å²) in [4.78, 5) is 17.6. The summed E-state index contributed by atoms with van der Waals surface area (Å²) in [5.41, 5.74) is 0. The van der Waals surface area contributed by atoms with Crippen LogP contribution in [0.15, 0.2) is 0 Å². The lowest BCUT2D eigenvalue weighted by Gasteiger charge is -2.47. The molecule has 1 aliphatic carbocycles. The average Bonchev–Trinajstić information content (AvgIpc) is 2.79. The van der Waals surface area contributed by atoms with Crippen LogP contribution in [0.5, 0.6) is 0 Å². The zero-order chi connectivity index (χ0) is 23.5. The van der Waals surface area contributed by atoms with Gasteiger partial charge >= 0.3 is 5.97 Å². The summed E-state index contributed by atoms with van der Waals surface area (Å²) in [6.45, 7) is 4.62. The van der Waals surface area contributed by atoms with E-state index in [1.54, 1.807) is 12.2 Å². The highest BCUT2D eigenvalue weighted by molar-refractivity contribution is 7.99. The number of carbonyl (C=O) groups is 1.